The molecule has 1 heterocycles. The molecule has 2 heteroatoms. The first-order valence-corrected chi connectivity index (χ1v) is 9.85. The summed E-state index contributed by atoms with van der Waals surface area (Å²) in [5.74, 6) is 0. The Balaban J connectivity index is 1.91. The topological polar surface area (TPSA) is 4.93 Å². The molecule has 0 aliphatic carbocycles. The Morgan fingerprint density at radius 1 is 0.630 bits per heavy atom. The average Bonchev–Trinajstić information content (AvgIpc) is 3.02. The zero-order valence-corrected chi connectivity index (χ0v) is 16.6. The third-order valence-corrected chi connectivity index (χ3v) is 5.96. The fraction of sp³-hybridized carbons (Fsp3) is 0.0400. The Kier molecular flexibility index (Phi) is 3.87. The smallest absolute Gasteiger partial charge is 0.0569 e. The molecule has 1 nitrogen and oxygen atoms in total. The number of hydrogen-bond donors (Lipinski definition) is 0. The van der Waals surface area contributed by atoms with Crippen LogP contribution < -0.4 is 0 Å². The van der Waals surface area contributed by atoms with E-state index in [1.807, 2.05) is 0 Å². The summed E-state index contributed by atoms with van der Waals surface area (Å²) in [6.45, 7) is 0. The van der Waals surface area contributed by atoms with Gasteiger partial charge in [-0.05, 0) is 23.3 Å². The summed E-state index contributed by atoms with van der Waals surface area (Å²) < 4.78 is 3.43. The molecule has 0 aliphatic heterocycles. The molecule has 5 rings (SSSR count). The van der Waals surface area contributed by atoms with Crippen LogP contribution in [0.15, 0.2) is 95.5 Å². The lowest BCUT2D eigenvalue weighted by molar-refractivity contribution is 1.01. The predicted octanol–water partition coefficient (Wildman–Crippen LogP) is 7.43. The second kappa shape index (κ2) is 6.40. The first-order chi connectivity index (χ1) is 13.3. The Morgan fingerprint density at radius 3 is 2.15 bits per heavy atom. The number of fused-ring (bicyclic) bond motifs is 3. The second-order valence-electron chi connectivity index (χ2n) is 6.81. The van der Waals surface area contributed by atoms with Crippen LogP contribution in [-0.4, -0.2) is 4.57 Å². The molecule has 4 aromatic carbocycles. The largest absolute Gasteiger partial charge is 0.343 e. The molecule has 0 aliphatic rings. The van der Waals surface area contributed by atoms with E-state index in [2.05, 4.69) is 119 Å². The van der Waals surface area contributed by atoms with Crippen LogP contribution in [0.25, 0.3) is 44.1 Å². The minimum absolute atomic E-state index is 1.11. The van der Waals surface area contributed by atoms with Gasteiger partial charge in [0, 0.05) is 38.9 Å². The van der Waals surface area contributed by atoms with Gasteiger partial charge >= 0.3 is 0 Å². The lowest BCUT2D eigenvalue weighted by Crippen LogP contribution is -1.92. The fourth-order valence-corrected chi connectivity index (χ4v) is 4.67. The molecule has 1 aromatic heterocycles. The van der Waals surface area contributed by atoms with Crippen molar-refractivity contribution in [3.63, 3.8) is 0 Å². The number of halogens is 1. The Labute approximate surface area is 167 Å². The highest BCUT2D eigenvalue weighted by atomic mass is 79.9. The molecule has 0 saturated heterocycles. The maximum absolute atomic E-state index is 3.83. The molecular weight excluding hydrogens is 394 g/mol. The Bertz CT molecular complexity index is 1280. The Morgan fingerprint density at radius 2 is 1.30 bits per heavy atom. The summed E-state index contributed by atoms with van der Waals surface area (Å²) in [6.07, 6.45) is 0. The minimum Gasteiger partial charge on any atom is -0.343 e. The summed E-state index contributed by atoms with van der Waals surface area (Å²) >= 11 is 3.83. The average molecular weight is 412 g/mol. The van der Waals surface area contributed by atoms with Gasteiger partial charge in [-0.15, -0.1) is 0 Å². The number of aromatic nitrogens is 1. The maximum atomic E-state index is 3.83. The van der Waals surface area contributed by atoms with Crippen molar-refractivity contribution < 1.29 is 0 Å². The van der Waals surface area contributed by atoms with E-state index >= 15 is 0 Å². The highest BCUT2D eigenvalue weighted by Gasteiger charge is 2.17. The molecule has 27 heavy (non-hydrogen) atoms. The van der Waals surface area contributed by atoms with E-state index in [0.717, 1.165) is 4.47 Å². The van der Waals surface area contributed by atoms with Gasteiger partial charge < -0.3 is 4.57 Å². The quantitative estimate of drug-likeness (QED) is 0.284. The molecule has 0 unspecified atom stereocenters. The van der Waals surface area contributed by atoms with Gasteiger partial charge in [0.2, 0.25) is 0 Å². The molecule has 130 valence electrons. The molecular formula is C25H18BrN. The van der Waals surface area contributed by atoms with E-state index in [1.54, 1.807) is 0 Å². The summed E-state index contributed by atoms with van der Waals surface area (Å²) in [7, 11) is 2.16. The van der Waals surface area contributed by atoms with Gasteiger partial charge in [-0.1, -0.05) is 94.8 Å². The monoisotopic (exact) mass is 411 g/mol. The highest BCUT2D eigenvalue weighted by molar-refractivity contribution is 9.10. The van der Waals surface area contributed by atoms with Gasteiger partial charge in [0.25, 0.3) is 0 Å². The molecule has 0 fully saturated rings. The maximum Gasteiger partial charge on any atom is 0.0569 e. The van der Waals surface area contributed by atoms with Crippen LogP contribution >= 0.6 is 15.9 Å². The van der Waals surface area contributed by atoms with Crippen LogP contribution in [-0.2, 0) is 7.05 Å². The van der Waals surface area contributed by atoms with Crippen molar-refractivity contribution in [2.45, 2.75) is 0 Å². The van der Waals surface area contributed by atoms with Crippen molar-refractivity contribution in [1.29, 1.82) is 0 Å². The molecule has 0 atom stereocenters. The van der Waals surface area contributed by atoms with Gasteiger partial charge in [-0.2, -0.15) is 0 Å². The molecule has 0 bridgehead atoms. The fourth-order valence-electron chi connectivity index (χ4n) is 4.09. The zero-order valence-electron chi connectivity index (χ0n) is 15.0. The van der Waals surface area contributed by atoms with Gasteiger partial charge in [0.15, 0.2) is 0 Å². The molecule has 0 amide bonds. The van der Waals surface area contributed by atoms with Crippen molar-refractivity contribution >= 4 is 37.7 Å². The van der Waals surface area contributed by atoms with E-state index in [4.69, 9.17) is 0 Å². The van der Waals surface area contributed by atoms with Crippen molar-refractivity contribution in [2.75, 3.05) is 0 Å². The number of benzene rings is 4. The number of para-hydroxylation sites is 2. The normalized spacial score (nSPS) is 11.3. The number of nitrogens with zero attached hydrogens (tertiary/aromatic N) is 1. The van der Waals surface area contributed by atoms with Crippen LogP contribution in [0.4, 0.5) is 0 Å². The lowest BCUT2D eigenvalue weighted by Gasteiger charge is -2.14. The van der Waals surface area contributed by atoms with Crippen LogP contribution in [0.3, 0.4) is 0 Å². The molecule has 0 spiro atoms. The van der Waals surface area contributed by atoms with Gasteiger partial charge in [0.1, 0.15) is 0 Å². The first-order valence-electron chi connectivity index (χ1n) is 9.06. The number of hydrogen-bond acceptors (Lipinski definition) is 0. The van der Waals surface area contributed by atoms with Crippen molar-refractivity contribution in [1.82, 2.24) is 4.57 Å². The SMILES string of the molecule is Cn1c2ccccc2c2cccc(-c3c(Br)cccc3-c3ccccc3)c21. The predicted molar refractivity (Wildman–Crippen MR) is 119 cm³/mol. The van der Waals surface area contributed by atoms with Crippen molar-refractivity contribution in [2.24, 2.45) is 7.05 Å². The summed E-state index contributed by atoms with van der Waals surface area (Å²) in [4.78, 5) is 0. The van der Waals surface area contributed by atoms with E-state index in [-0.39, 0.29) is 0 Å². The molecule has 0 saturated carbocycles. The summed E-state index contributed by atoms with van der Waals surface area (Å²) in [6, 6.07) is 32.3. The van der Waals surface area contributed by atoms with Crippen LogP contribution in [0.1, 0.15) is 0 Å². The van der Waals surface area contributed by atoms with Crippen LogP contribution in [0.2, 0.25) is 0 Å². The Hall–Kier alpha value is -2.84. The third-order valence-electron chi connectivity index (χ3n) is 5.29. The highest BCUT2D eigenvalue weighted by Crippen LogP contribution is 2.42. The van der Waals surface area contributed by atoms with Gasteiger partial charge in [-0.25, -0.2) is 0 Å². The number of rotatable bonds is 2. The van der Waals surface area contributed by atoms with Gasteiger partial charge in [-0.3, -0.25) is 0 Å². The van der Waals surface area contributed by atoms with E-state index in [1.165, 1.54) is 44.1 Å². The summed E-state index contributed by atoms with van der Waals surface area (Å²) in [5.41, 5.74) is 7.47. The van der Waals surface area contributed by atoms with Crippen molar-refractivity contribution in [3.05, 3.63) is 95.5 Å². The van der Waals surface area contributed by atoms with Gasteiger partial charge in [0.05, 0.1) is 5.52 Å². The van der Waals surface area contributed by atoms with Crippen LogP contribution in [0.5, 0.6) is 0 Å². The van der Waals surface area contributed by atoms with Crippen molar-refractivity contribution in [3.8, 4) is 22.3 Å². The third kappa shape index (κ3) is 2.52. The summed E-state index contributed by atoms with van der Waals surface area (Å²) in [5, 5.41) is 2.59. The van der Waals surface area contributed by atoms with E-state index in [9.17, 15) is 0 Å². The van der Waals surface area contributed by atoms with E-state index in [0.29, 0.717) is 0 Å². The second-order valence-corrected chi connectivity index (χ2v) is 7.66. The zero-order chi connectivity index (χ0) is 18.4. The lowest BCUT2D eigenvalue weighted by atomic mass is 9.93. The minimum atomic E-state index is 1.11. The van der Waals surface area contributed by atoms with E-state index < -0.39 is 0 Å². The number of aryl methyl sites for hydroxylation is 1. The first kappa shape index (κ1) is 16.3. The molecule has 0 radical (unpaired) electrons. The standard InChI is InChI=1S/C25H18BrN/c1-27-23-16-6-5-11-19(23)20-13-7-14-21(25(20)27)24-18(12-8-15-22(24)26)17-9-3-2-4-10-17/h2-16H,1H3. The molecule has 5 aromatic rings. The van der Waals surface area contributed by atoms with Crippen LogP contribution in [0, 0.1) is 0 Å². The molecule has 0 N–H and O–H groups in total.